The maximum Gasteiger partial charge on any atom is 0.135 e. The first kappa shape index (κ1) is 44.8. The van der Waals surface area contributed by atoms with E-state index < -0.39 is 0 Å². The zero-order valence-electron chi connectivity index (χ0n) is 39.2. The molecule has 0 bridgehead atoms. The van der Waals surface area contributed by atoms with E-state index in [4.69, 9.17) is 9.72 Å². The Kier molecular flexibility index (Phi) is 11.6. The molecule has 0 saturated heterocycles. The minimum atomic E-state index is -0.0558. The van der Waals surface area contributed by atoms with E-state index >= 15 is 0 Å². The molecule has 1 aliphatic heterocycles. The molecule has 0 saturated carbocycles. The predicted molar refractivity (Wildman–Crippen MR) is 271 cm³/mol. The second-order valence-corrected chi connectivity index (χ2v) is 20.3. The first-order chi connectivity index (χ1) is 31.1. The number of aromatic nitrogens is 2. The van der Waals surface area contributed by atoms with Crippen molar-refractivity contribution in [3.05, 3.63) is 199 Å². The van der Waals surface area contributed by atoms with Gasteiger partial charge < -0.3 is 19.1 Å². The molecule has 2 aromatic heterocycles. The van der Waals surface area contributed by atoms with Crippen molar-refractivity contribution in [1.82, 2.24) is 9.55 Å². The van der Waals surface area contributed by atoms with Crippen LogP contribution < -0.4 is 14.5 Å². The molecular formula is C60H55N4OPt-3. The number of hydrogen-bond acceptors (Lipinski definition) is 4. The zero-order chi connectivity index (χ0) is 45.3. The van der Waals surface area contributed by atoms with Gasteiger partial charge in [0.15, 0.2) is 0 Å². The zero-order valence-corrected chi connectivity index (χ0v) is 41.5. The third kappa shape index (κ3) is 8.46. The van der Waals surface area contributed by atoms with Gasteiger partial charge in [-0.25, -0.2) is 4.98 Å². The van der Waals surface area contributed by atoms with E-state index in [0.717, 1.165) is 55.9 Å². The van der Waals surface area contributed by atoms with E-state index in [9.17, 15) is 0 Å². The molecule has 10 rings (SSSR count). The molecule has 66 heavy (non-hydrogen) atoms. The van der Waals surface area contributed by atoms with Gasteiger partial charge in [0, 0.05) is 61.3 Å². The molecule has 0 amide bonds. The number of anilines is 4. The van der Waals surface area contributed by atoms with Gasteiger partial charge in [-0.1, -0.05) is 153 Å². The molecule has 1 aliphatic rings. The molecule has 334 valence electrons. The number of ether oxygens (including phenoxy) is 1. The van der Waals surface area contributed by atoms with Crippen LogP contribution in [-0.2, 0) is 37.3 Å². The van der Waals surface area contributed by atoms with Gasteiger partial charge in [-0.3, -0.25) is 0 Å². The van der Waals surface area contributed by atoms with Crippen LogP contribution in [-0.4, -0.2) is 9.55 Å². The van der Waals surface area contributed by atoms with Gasteiger partial charge in [-0.15, -0.1) is 48.1 Å². The number of rotatable bonds is 7. The largest absolute Gasteiger partial charge is 0.509 e. The van der Waals surface area contributed by atoms with Gasteiger partial charge in [0.05, 0.1) is 0 Å². The quantitative estimate of drug-likeness (QED) is 0.149. The number of para-hydroxylation sites is 2. The van der Waals surface area contributed by atoms with Gasteiger partial charge in [0.25, 0.3) is 0 Å². The first-order valence-electron chi connectivity index (χ1n) is 22.6. The van der Waals surface area contributed by atoms with Gasteiger partial charge in [-0.05, 0) is 103 Å². The fourth-order valence-electron chi connectivity index (χ4n) is 8.88. The van der Waals surface area contributed by atoms with Gasteiger partial charge in [-0.2, -0.15) is 12.1 Å². The Balaban J connectivity index is 0.00000548. The van der Waals surface area contributed by atoms with Crippen molar-refractivity contribution in [2.75, 3.05) is 9.80 Å². The van der Waals surface area contributed by atoms with Crippen molar-refractivity contribution in [3.8, 4) is 39.6 Å². The van der Waals surface area contributed by atoms with Crippen molar-refractivity contribution in [1.29, 1.82) is 0 Å². The van der Waals surface area contributed by atoms with Gasteiger partial charge in [0.1, 0.15) is 5.82 Å². The summed E-state index contributed by atoms with van der Waals surface area (Å²) < 4.78 is 8.94. The molecule has 5 nitrogen and oxygen atoms in total. The van der Waals surface area contributed by atoms with Crippen LogP contribution in [0.25, 0.3) is 49.9 Å². The van der Waals surface area contributed by atoms with E-state index in [0.29, 0.717) is 11.5 Å². The Labute approximate surface area is 405 Å². The maximum absolute atomic E-state index is 6.72. The number of benzene rings is 7. The molecule has 9 aromatic rings. The summed E-state index contributed by atoms with van der Waals surface area (Å²) in [5, 5.41) is 2.19. The van der Waals surface area contributed by atoms with Crippen molar-refractivity contribution < 1.29 is 25.8 Å². The van der Waals surface area contributed by atoms with Crippen LogP contribution in [0.15, 0.2) is 164 Å². The third-order valence-corrected chi connectivity index (χ3v) is 12.6. The van der Waals surface area contributed by atoms with E-state index in [1.807, 2.05) is 24.4 Å². The number of fused-ring (bicyclic) bond motifs is 4. The normalized spacial score (nSPS) is 13.0. The average Bonchev–Trinajstić information content (AvgIpc) is 3.84. The smallest absolute Gasteiger partial charge is 0.135 e. The second kappa shape index (κ2) is 17.1. The molecule has 0 N–H and O–H groups in total. The Morgan fingerprint density at radius 3 is 1.80 bits per heavy atom. The fraction of sp³-hybridized carbons (Fsp3) is 0.200. The van der Waals surface area contributed by atoms with Crippen LogP contribution in [0.5, 0.6) is 11.5 Å². The van der Waals surface area contributed by atoms with Gasteiger partial charge >= 0.3 is 0 Å². The van der Waals surface area contributed by atoms with Crippen molar-refractivity contribution >= 4 is 44.6 Å². The Bertz CT molecular complexity index is 3210. The molecule has 6 heteroatoms. The first-order valence-corrected chi connectivity index (χ1v) is 22.6. The summed E-state index contributed by atoms with van der Waals surface area (Å²) in [7, 11) is 0. The summed E-state index contributed by atoms with van der Waals surface area (Å²) in [6, 6.07) is 63.5. The summed E-state index contributed by atoms with van der Waals surface area (Å²) in [5.41, 5.74) is 14.6. The average molecular weight is 1040 g/mol. The minimum Gasteiger partial charge on any atom is -0.509 e. The number of nitrogens with zero attached hydrogens (tertiary/aromatic N) is 4. The predicted octanol–water partition coefficient (Wildman–Crippen LogP) is 16.2. The van der Waals surface area contributed by atoms with E-state index in [2.05, 4.69) is 235 Å². The Morgan fingerprint density at radius 2 is 1.12 bits per heavy atom. The molecule has 0 fully saturated rings. The van der Waals surface area contributed by atoms with Crippen molar-refractivity contribution in [2.45, 2.75) is 78.6 Å². The van der Waals surface area contributed by atoms with E-state index in [1.54, 1.807) is 0 Å². The van der Waals surface area contributed by atoms with Crippen LogP contribution in [0.4, 0.5) is 22.7 Å². The molecule has 0 atom stereocenters. The molecule has 0 unspecified atom stereocenters. The van der Waals surface area contributed by atoms with Crippen LogP contribution in [0.3, 0.4) is 0 Å². The third-order valence-electron chi connectivity index (χ3n) is 12.6. The van der Waals surface area contributed by atoms with E-state index in [-0.39, 0.29) is 37.3 Å². The Hall–Kier alpha value is -6.42. The monoisotopic (exact) mass is 1040 g/mol. The summed E-state index contributed by atoms with van der Waals surface area (Å²) >= 11 is 0. The fourth-order valence-corrected chi connectivity index (χ4v) is 8.88. The van der Waals surface area contributed by atoms with Crippen LogP contribution >= 0.6 is 0 Å². The summed E-state index contributed by atoms with van der Waals surface area (Å²) in [5.74, 6) is 2.03. The maximum atomic E-state index is 6.72. The molecule has 0 aliphatic carbocycles. The summed E-state index contributed by atoms with van der Waals surface area (Å²) in [6.45, 7) is 22.6. The topological polar surface area (TPSA) is 33.5 Å². The molecular weight excluding hydrogens is 988 g/mol. The second-order valence-electron chi connectivity index (χ2n) is 20.3. The minimum absolute atomic E-state index is 0. The number of pyridine rings is 1. The number of hydrogen-bond donors (Lipinski definition) is 0. The van der Waals surface area contributed by atoms with E-state index in [1.165, 1.54) is 33.4 Å². The van der Waals surface area contributed by atoms with Crippen LogP contribution in [0, 0.1) is 18.8 Å². The Morgan fingerprint density at radius 1 is 0.500 bits per heavy atom. The SMILES string of the molecule is CC(C)(C)c1cc(N2[CH-]N(c3[c-]c(Oc4[c-]c5c(cc4)c4cc(-c6ccccc6-c6ccccc6)ccc4n5-c4cc(C(C)(C)C)ccn4)ccc3)c3ccccc32)cc(C(C)(C)C)c1.[Pt]. The molecule has 3 heterocycles. The summed E-state index contributed by atoms with van der Waals surface area (Å²) in [4.78, 5) is 9.47. The summed E-state index contributed by atoms with van der Waals surface area (Å²) in [6.07, 6.45) is 1.91. The molecule has 0 spiro atoms. The molecule has 0 radical (unpaired) electrons. The van der Waals surface area contributed by atoms with Crippen LogP contribution in [0.1, 0.15) is 79.0 Å². The van der Waals surface area contributed by atoms with Crippen molar-refractivity contribution in [2.24, 2.45) is 0 Å². The standard InChI is InChI=1S/C60H55N4O.Pt/c1-58(2,3)42-30-31-61-57(36-42)64-53-29-26-41(50-23-14-13-22-49(50)40-18-11-10-12-19-40)32-52(53)51-28-27-48(38-56(51)64)65-47-21-17-20-45(37-47)62-39-63(55-25-16-15-24-54(55)62)46-34-43(59(4,5)6)33-44(35-46)60(7,8)9;/h10-36,39H,1-9H3;/q-3;. The van der Waals surface area contributed by atoms with Gasteiger partial charge in [0.2, 0.25) is 0 Å². The molecule has 7 aromatic carbocycles. The van der Waals surface area contributed by atoms with Crippen LogP contribution in [0.2, 0.25) is 0 Å². The van der Waals surface area contributed by atoms with Crippen molar-refractivity contribution in [3.63, 3.8) is 0 Å².